The third-order valence-electron chi connectivity index (χ3n) is 2.84. The Bertz CT molecular complexity index is 719. The highest BCUT2D eigenvalue weighted by molar-refractivity contribution is 7.89. The van der Waals surface area contributed by atoms with Crippen LogP contribution in [0.1, 0.15) is 18.5 Å². The molecule has 112 valence electrons. The van der Waals surface area contributed by atoms with Crippen LogP contribution in [0.25, 0.3) is 0 Å². The number of halogens is 1. The summed E-state index contributed by atoms with van der Waals surface area (Å²) in [5, 5.41) is 2.70. The van der Waals surface area contributed by atoms with Crippen molar-refractivity contribution in [2.24, 2.45) is 0 Å². The molecule has 0 spiro atoms. The van der Waals surface area contributed by atoms with Crippen LogP contribution in [0, 0.1) is 5.82 Å². The SMILES string of the molecule is CNc1ncc(S(=O)(=O)NC(C)c2cccc(F)c2)cn1. The van der Waals surface area contributed by atoms with Crippen LogP contribution in [-0.2, 0) is 10.0 Å². The molecule has 8 heteroatoms. The van der Waals surface area contributed by atoms with Gasteiger partial charge in [-0.15, -0.1) is 0 Å². The Kier molecular flexibility index (Phi) is 4.49. The van der Waals surface area contributed by atoms with Crippen molar-refractivity contribution in [3.63, 3.8) is 0 Å². The summed E-state index contributed by atoms with van der Waals surface area (Å²) < 4.78 is 40.0. The van der Waals surface area contributed by atoms with Crippen LogP contribution in [0.4, 0.5) is 10.3 Å². The highest BCUT2D eigenvalue weighted by atomic mass is 32.2. The van der Waals surface area contributed by atoms with Crippen molar-refractivity contribution in [3.05, 3.63) is 48.0 Å². The maximum atomic E-state index is 13.2. The molecular weight excluding hydrogens is 295 g/mol. The largest absolute Gasteiger partial charge is 0.357 e. The van der Waals surface area contributed by atoms with Crippen molar-refractivity contribution < 1.29 is 12.8 Å². The summed E-state index contributed by atoms with van der Waals surface area (Å²) in [6, 6.07) is 5.19. The molecule has 0 aliphatic heterocycles. The van der Waals surface area contributed by atoms with E-state index < -0.39 is 21.9 Å². The predicted molar refractivity (Wildman–Crippen MR) is 76.7 cm³/mol. The Morgan fingerprint density at radius 2 is 1.90 bits per heavy atom. The van der Waals surface area contributed by atoms with Gasteiger partial charge in [0.1, 0.15) is 10.7 Å². The summed E-state index contributed by atoms with van der Waals surface area (Å²) in [6.45, 7) is 1.63. The molecule has 2 N–H and O–H groups in total. The third-order valence-corrected chi connectivity index (χ3v) is 4.34. The minimum atomic E-state index is -3.77. The molecule has 21 heavy (non-hydrogen) atoms. The first-order valence-corrected chi connectivity index (χ1v) is 7.68. The van der Waals surface area contributed by atoms with Crippen LogP contribution in [0.2, 0.25) is 0 Å². The van der Waals surface area contributed by atoms with Gasteiger partial charge in [0.2, 0.25) is 16.0 Å². The van der Waals surface area contributed by atoms with E-state index in [0.29, 0.717) is 11.5 Å². The number of nitrogens with one attached hydrogen (secondary N) is 2. The fraction of sp³-hybridized carbons (Fsp3) is 0.231. The molecule has 0 saturated carbocycles. The van der Waals surface area contributed by atoms with Gasteiger partial charge >= 0.3 is 0 Å². The van der Waals surface area contributed by atoms with E-state index in [1.165, 1.54) is 30.6 Å². The van der Waals surface area contributed by atoms with Gasteiger partial charge in [0.25, 0.3) is 0 Å². The zero-order chi connectivity index (χ0) is 15.5. The number of sulfonamides is 1. The Morgan fingerprint density at radius 1 is 1.24 bits per heavy atom. The molecule has 6 nitrogen and oxygen atoms in total. The number of anilines is 1. The van der Waals surface area contributed by atoms with Gasteiger partial charge in [0, 0.05) is 13.1 Å². The number of hydrogen-bond acceptors (Lipinski definition) is 5. The van der Waals surface area contributed by atoms with Gasteiger partial charge in [0.05, 0.1) is 12.4 Å². The Balaban J connectivity index is 2.20. The lowest BCUT2D eigenvalue weighted by molar-refractivity contribution is 0.563. The van der Waals surface area contributed by atoms with Crippen molar-refractivity contribution in [1.29, 1.82) is 0 Å². The molecule has 1 heterocycles. The fourth-order valence-electron chi connectivity index (χ4n) is 1.73. The van der Waals surface area contributed by atoms with Crippen LogP contribution in [0.3, 0.4) is 0 Å². The number of hydrogen-bond donors (Lipinski definition) is 2. The normalized spacial score (nSPS) is 12.9. The second-order valence-corrected chi connectivity index (χ2v) is 6.10. The first kappa shape index (κ1) is 15.3. The van der Waals surface area contributed by atoms with E-state index in [0.717, 1.165) is 0 Å². The molecule has 2 aromatic rings. The summed E-state index contributed by atoms with van der Waals surface area (Å²) >= 11 is 0. The molecule has 0 radical (unpaired) electrons. The van der Waals surface area contributed by atoms with Crippen LogP contribution in [0.5, 0.6) is 0 Å². The number of aromatic nitrogens is 2. The fourth-order valence-corrected chi connectivity index (χ4v) is 2.85. The summed E-state index contributed by atoms with van der Waals surface area (Å²) in [4.78, 5) is 7.66. The molecule has 0 aliphatic carbocycles. The molecule has 0 saturated heterocycles. The molecular formula is C13H15FN4O2S. The zero-order valence-electron chi connectivity index (χ0n) is 11.5. The molecule has 0 aliphatic rings. The second kappa shape index (κ2) is 6.15. The maximum Gasteiger partial charge on any atom is 0.244 e. The Morgan fingerprint density at radius 3 is 2.48 bits per heavy atom. The highest BCUT2D eigenvalue weighted by Crippen LogP contribution is 2.17. The van der Waals surface area contributed by atoms with Crippen LogP contribution in [-0.4, -0.2) is 25.4 Å². The van der Waals surface area contributed by atoms with E-state index in [4.69, 9.17) is 0 Å². The van der Waals surface area contributed by atoms with Crippen LogP contribution in [0.15, 0.2) is 41.6 Å². The molecule has 1 atom stereocenters. The van der Waals surface area contributed by atoms with E-state index in [9.17, 15) is 12.8 Å². The first-order chi connectivity index (χ1) is 9.92. The molecule has 1 unspecified atom stereocenters. The van der Waals surface area contributed by atoms with Gasteiger partial charge in [-0.3, -0.25) is 0 Å². The predicted octanol–water partition coefficient (Wildman–Crippen LogP) is 1.70. The summed E-state index contributed by atoms with van der Waals surface area (Å²) in [5.41, 5.74) is 0.534. The van der Waals surface area contributed by atoms with Gasteiger partial charge in [-0.2, -0.15) is 0 Å². The molecule has 0 fully saturated rings. The topological polar surface area (TPSA) is 84.0 Å². The Hall–Kier alpha value is -2.06. The van der Waals surface area contributed by atoms with Gasteiger partial charge in [0.15, 0.2) is 0 Å². The van der Waals surface area contributed by atoms with Crippen LogP contribution >= 0.6 is 0 Å². The molecule has 0 amide bonds. The monoisotopic (exact) mass is 310 g/mol. The number of rotatable bonds is 5. The average molecular weight is 310 g/mol. The summed E-state index contributed by atoms with van der Waals surface area (Å²) in [6.07, 6.45) is 2.42. The number of nitrogens with zero attached hydrogens (tertiary/aromatic N) is 2. The lowest BCUT2D eigenvalue weighted by Crippen LogP contribution is -2.27. The molecule has 0 bridgehead atoms. The van der Waals surface area contributed by atoms with Gasteiger partial charge in [-0.1, -0.05) is 12.1 Å². The van der Waals surface area contributed by atoms with E-state index in [1.807, 2.05) is 0 Å². The van der Waals surface area contributed by atoms with Crippen molar-refractivity contribution in [2.75, 3.05) is 12.4 Å². The maximum absolute atomic E-state index is 13.2. The third kappa shape index (κ3) is 3.73. The summed E-state index contributed by atoms with van der Waals surface area (Å²) in [5.74, 6) is -0.0904. The Labute approximate surface area is 122 Å². The standard InChI is InChI=1S/C13H15FN4O2S/c1-9(10-4-3-5-11(14)6-10)18-21(19,20)12-7-16-13(15-2)17-8-12/h3-9,18H,1-2H3,(H,15,16,17). The van der Waals surface area contributed by atoms with Crippen molar-refractivity contribution in [1.82, 2.24) is 14.7 Å². The van der Waals surface area contributed by atoms with Crippen molar-refractivity contribution in [2.45, 2.75) is 17.9 Å². The second-order valence-electron chi connectivity index (χ2n) is 4.39. The smallest absolute Gasteiger partial charge is 0.244 e. The summed E-state index contributed by atoms with van der Waals surface area (Å²) in [7, 11) is -2.14. The molecule has 1 aromatic carbocycles. The van der Waals surface area contributed by atoms with Crippen LogP contribution < -0.4 is 10.0 Å². The quantitative estimate of drug-likeness (QED) is 0.878. The van der Waals surface area contributed by atoms with Crippen molar-refractivity contribution in [3.8, 4) is 0 Å². The van der Waals surface area contributed by atoms with E-state index in [2.05, 4.69) is 20.0 Å². The van der Waals surface area contributed by atoms with E-state index in [1.54, 1.807) is 20.0 Å². The molecule has 1 aromatic heterocycles. The van der Waals surface area contributed by atoms with Gasteiger partial charge in [-0.05, 0) is 24.6 Å². The van der Waals surface area contributed by atoms with Gasteiger partial charge in [-0.25, -0.2) is 27.5 Å². The minimum absolute atomic E-state index is 0.0512. The van der Waals surface area contributed by atoms with Crippen molar-refractivity contribution >= 4 is 16.0 Å². The van der Waals surface area contributed by atoms with E-state index >= 15 is 0 Å². The van der Waals surface area contributed by atoms with Gasteiger partial charge < -0.3 is 5.32 Å². The minimum Gasteiger partial charge on any atom is -0.357 e. The highest BCUT2D eigenvalue weighted by Gasteiger charge is 2.19. The lowest BCUT2D eigenvalue weighted by atomic mass is 10.1. The van der Waals surface area contributed by atoms with E-state index in [-0.39, 0.29) is 4.90 Å². The molecule has 2 rings (SSSR count). The number of benzene rings is 1. The first-order valence-electron chi connectivity index (χ1n) is 6.20. The zero-order valence-corrected chi connectivity index (χ0v) is 12.4. The lowest BCUT2D eigenvalue weighted by Gasteiger charge is -2.14. The average Bonchev–Trinajstić information content (AvgIpc) is 2.47.